The van der Waals surface area contributed by atoms with Gasteiger partial charge in [0.25, 0.3) is 5.91 Å². The molecule has 0 unspecified atom stereocenters. The van der Waals surface area contributed by atoms with Crippen LogP contribution in [-0.2, 0) is 9.84 Å². The highest BCUT2D eigenvalue weighted by molar-refractivity contribution is 7.94. The highest BCUT2D eigenvalue weighted by Gasteiger charge is 2.32. The van der Waals surface area contributed by atoms with Gasteiger partial charge in [-0.15, -0.1) is 0 Å². The molecule has 0 radical (unpaired) electrons. The Morgan fingerprint density at radius 2 is 1.75 bits per heavy atom. The van der Waals surface area contributed by atoms with Gasteiger partial charge in [0.05, 0.1) is 18.4 Å². The summed E-state index contributed by atoms with van der Waals surface area (Å²) in [5, 5.41) is 1.19. The van der Waals surface area contributed by atoms with Crippen LogP contribution in [0.15, 0.2) is 60.0 Å². The predicted molar refractivity (Wildman–Crippen MR) is 112 cm³/mol. The van der Waals surface area contributed by atoms with Crippen molar-refractivity contribution in [3.05, 3.63) is 71.1 Å². The summed E-state index contributed by atoms with van der Waals surface area (Å²) >= 11 is 0. The van der Waals surface area contributed by atoms with Gasteiger partial charge in [-0.2, -0.15) is 0 Å². The molecular weight excluding hydrogens is 374 g/mol. The number of rotatable bonds is 6. The average molecular weight is 400 g/mol. The maximum Gasteiger partial charge on any atom is 0.258 e. The van der Waals surface area contributed by atoms with Crippen molar-refractivity contribution >= 4 is 21.4 Å². The van der Waals surface area contributed by atoms with E-state index in [-0.39, 0.29) is 11.7 Å². The Balaban J connectivity index is 1.96. The van der Waals surface area contributed by atoms with Crippen molar-refractivity contribution in [3.63, 3.8) is 0 Å². The third kappa shape index (κ3) is 4.44. The topological polar surface area (TPSA) is 63.7 Å². The molecule has 0 saturated carbocycles. The maximum absolute atomic E-state index is 13.3. The van der Waals surface area contributed by atoms with Crippen LogP contribution in [0.5, 0.6) is 5.75 Å². The number of amides is 1. The molecule has 3 rings (SSSR count). The van der Waals surface area contributed by atoms with E-state index < -0.39 is 15.9 Å². The van der Waals surface area contributed by atoms with Crippen molar-refractivity contribution in [2.24, 2.45) is 0 Å². The summed E-state index contributed by atoms with van der Waals surface area (Å²) in [6, 6.07) is 14.1. The summed E-state index contributed by atoms with van der Waals surface area (Å²) in [6.45, 7) is 6.65. The largest absolute Gasteiger partial charge is 0.494 e. The smallest absolute Gasteiger partial charge is 0.258 e. The fraction of sp³-hybridized carbons (Fsp3) is 0.318. The van der Waals surface area contributed by atoms with Crippen LogP contribution in [0.2, 0.25) is 0 Å². The molecule has 0 N–H and O–H groups in total. The molecule has 1 atom stereocenters. The van der Waals surface area contributed by atoms with E-state index in [0.29, 0.717) is 29.5 Å². The Kier molecular flexibility index (Phi) is 5.89. The molecule has 0 spiro atoms. The normalized spacial score (nSPS) is 17.6. The number of sulfone groups is 1. The van der Waals surface area contributed by atoms with Gasteiger partial charge in [0, 0.05) is 16.7 Å². The summed E-state index contributed by atoms with van der Waals surface area (Å²) in [6.07, 6.45) is 1.58. The average Bonchev–Trinajstić information content (AvgIpc) is 3.02. The highest BCUT2D eigenvalue weighted by atomic mass is 32.2. The van der Waals surface area contributed by atoms with E-state index in [1.165, 1.54) is 5.41 Å². The van der Waals surface area contributed by atoms with Crippen LogP contribution < -0.4 is 9.64 Å². The first-order valence-corrected chi connectivity index (χ1v) is 11.1. The second-order valence-electron chi connectivity index (χ2n) is 7.10. The van der Waals surface area contributed by atoms with E-state index in [0.717, 1.165) is 5.56 Å². The minimum atomic E-state index is -3.29. The van der Waals surface area contributed by atoms with Gasteiger partial charge in [-0.1, -0.05) is 26.0 Å². The molecule has 0 aliphatic carbocycles. The molecule has 0 saturated heterocycles. The molecule has 1 aliphatic rings. The van der Waals surface area contributed by atoms with Crippen molar-refractivity contribution in [3.8, 4) is 5.75 Å². The first-order valence-electron chi connectivity index (χ1n) is 9.38. The standard InChI is InChI=1S/C22H25NO4S/c1-4-27-21-11-7-18(8-12-21)22(24)23(20-13-14-28(25,26)15-20)19-9-5-17(6-10-19)16(2)3/h5-14,16,20H,4,15H2,1-3H3/t20-/m0/s1. The van der Waals surface area contributed by atoms with Crippen LogP contribution in [0.3, 0.4) is 0 Å². The van der Waals surface area contributed by atoms with E-state index in [1.54, 1.807) is 35.2 Å². The first-order chi connectivity index (χ1) is 13.3. The minimum Gasteiger partial charge on any atom is -0.494 e. The van der Waals surface area contributed by atoms with E-state index in [2.05, 4.69) is 13.8 Å². The zero-order valence-electron chi connectivity index (χ0n) is 16.3. The molecule has 2 aromatic carbocycles. The molecule has 0 fully saturated rings. The number of hydrogen-bond acceptors (Lipinski definition) is 4. The second-order valence-corrected chi connectivity index (χ2v) is 9.04. The summed E-state index contributed by atoms with van der Waals surface area (Å²) < 4.78 is 29.3. The van der Waals surface area contributed by atoms with Crippen molar-refractivity contribution in [1.29, 1.82) is 0 Å². The maximum atomic E-state index is 13.3. The first kappa shape index (κ1) is 20.1. The van der Waals surface area contributed by atoms with Crippen molar-refractivity contribution in [2.45, 2.75) is 32.7 Å². The van der Waals surface area contributed by atoms with Gasteiger partial charge in [0.15, 0.2) is 9.84 Å². The van der Waals surface area contributed by atoms with Crippen LogP contribution >= 0.6 is 0 Å². The van der Waals surface area contributed by atoms with Crippen LogP contribution in [0.25, 0.3) is 0 Å². The summed E-state index contributed by atoms with van der Waals surface area (Å²) in [5.41, 5.74) is 2.32. The number of ether oxygens (including phenoxy) is 1. The monoisotopic (exact) mass is 399 g/mol. The number of carbonyl (C=O) groups excluding carboxylic acids is 1. The van der Waals surface area contributed by atoms with Crippen LogP contribution in [0.1, 0.15) is 42.6 Å². The van der Waals surface area contributed by atoms with Crippen LogP contribution in [0, 0.1) is 0 Å². The molecule has 0 bridgehead atoms. The molecule has 6 heteroatoms. The SMILES string of the molecule is CCOc1ccc(C(=O)N(c2ccc(C(C)C)cc2)[C@H]2C=CS(=O)(=O)C2)cc1. The molecule has 1 amide bonds. The zero-order valence-corrected chi connectivity index (χ0v) is 17.1. The van der Waals surface area contributed by atoms with Gasteiger partial charge >= 0.3 is 0 Å². The third-order valence-corrected chi connectivity index (χ3v) is 6.09. The molecule has 5 nitrogen and oxygen atoms in total. The molecule has 1 aliphatic heterocycles. The summed E-state index contributed by atoms with van der Waals surface area (Å²) in [7, 11) is -3.29. The van der Waals surface area contributed by atoms with Crippen LogP contribution in [-0.4, -0.2) is 32.7 Å². The Labute approximate surface area is 166 Å². The lowest BCUT2D eigenvalue weighted by atomic mass is 10.0. The third-order valence-electron chi connectivity index (χ3n) is 4.71. The number of benzene rings is 2. The Bertz CT molecular complexity index is 961. The number of hydrogen-bond donors (Lipinski definition) is 0. The molecular formula is C22H25NO4S. The molecule has 28 heavy (non-hydrogen) atoms. The number of nitrogens with zero attached hydrogens (tertiary/aromatic N) is 1. The number of carbonyl (C=O) groups is 1. The zero-order chi connectivity index (χ0) is 20.3. The lowest BCUT2D eigenvalue weighted by Crippen LogP contribution is -2.41. The van der Waals surface area contributed by atoms with Gasteiger partial charge in [-0.25, -0.2) is 8.42 Å². The van der Waals surface area contributed by atoms with Gasteiger partial charge in [0.1, 0.15) is 5.75 Å². The highest BCUT2D eigenvalue weighted by Crippen LogP contribution is 2.27. The van der Waals surface area contributed by atoms with Crippen molar-refractivity contribution in [1.82, 2.24) is 0 Å². The van der Waals surface area contributed by atoms with Gasteiger partial charge in [-0.05, 0) is 60.9 Å². The fourth-order valence-corrected chi connectivity index (χ4v) is 4.47. The lowest BCUT2D eigenvalue weighted by Gasteiger charge is -2.28. The Hall–Kier alpha value is -2.60. The fourth-order valence-electron chi connectivity index (χ4n) is 3.20. The summed E-state index contributed by atoms with van der Waals surface area (Å²) in [4.78, 5) is 14.8. The Morgan fingerprint density at radius 1 is 1.11 bits per heavy atom. The molecule has 1 heterocycles. The molecule has 2 aromatic rings. The summed E-state index contributed by atoms with van der Waals surface area (Å²) in [5.74, 6) is 0.709. The van der Waals surface area contributed by atoms with E-state index in [4.69, 9.17) is 4.74 Å². The molecule has 0 aromatic heterocycles. The second kappa shape index (κ2) is 8.19. The van der Waals surface area contributed by atoms with E-state index in [9.17, 15) is 13.2 Å². The minimum absolute atomic E-state index is 0.109. The van der Waals surface area contributed by atoms with E-state index in [1.807, 2.05) is 31.2 Å². The van der Waals surface area contributed by atoms with Crippen LogP contribution in [0.4, 0.5) is 5.69 Å². The quantitative estimate of drug-likeness (QED) is 0.731. The van der Waals surface area contributed by atoms with Gasteiger partial charge < -0.3 is 9.64 Å². The van der Waals surface area contributed by atoms with E-state index >= 15 is 0 Å². The van der Waals surface area contributed by atoms with Crippen molar-refractivity contribution in [2.75, 3.05) is 17.3 Å². The molecule has 148 valence electrons. The lowest BCUT2D eigenvalue weighted by molar-refractivity contribution is 0.0983. The van der Waals surface area contributed by atoms with Gasteiger partial charge in [-0.3, -0.25) is 4.79 Å². The number of anilines is 1. The van der Waals surface area contributed by atoms with Gasteiger partial charge in [0.2, 0.25) is 0 Å². The van der Waals surface area contributed by atoms with Crippen molar-refractivity contribution < 1.29 is 17.9 Å². The predicted octanol–water partition coefficient (Wildman–Crippen LogP) is 4.17. The Morgan fingerprint density at radius 3 is 2.25 bits per heavy atom.